The van der Waals surface area contributed by atoms with E-state index in [0.717, 1.165) is 33.6 Å². The van der Waals surface area contributed by atoms with Crippen LogP contribution in [0.1, 0.15) is 48.0 Å². The number of hydrogen-bond acceptors (Lipinski definition) is 4. The van der Waals surface area contributed by atoms with E-state index in [9.17, 15) is 5.11 Å². The minimum Gasteiger partial charge on any atom is -0.483 e. The fourth-order valence-electron chi connectivity index (χ4n) is 3.82. The summed E-state index contributed by atoms with van der Waals surface area (Å²) in [5.41, 5.74) is 2.71. The van der Waals surface area contributed by atoms with Crippen molar-refractivity contribution in [3.05, 3.63) is 64.2 Å². The third kappa shape index (κ3) is 2.32. The fraction of sp³-hybridized carbons (Fsp3) is 0.429. The molecule has 2 heterocycles. The molecule has 0 radical (unpaired) electrons. The summed E-state index contributed by atoms with van der Waals surface area (Å²) < 4.78 is 17.5. The van der Waals surface area contributed by atoms with E-state index in [1.165, 1.54) is 0 Å². The zero-order valence-electron chi connectivity index (χ0n) is 15.1. The molecule has 2 aromatic carbocycles. The highest BCUT2D eigenvalue weighted by atomic mass is 16.7. The van der Waals surface area contributed by atoms with Gasteiger partial charge in [-0.1, -0.05) is 30.3 Å². The van der Waals surface area contributed by atoms with Gasteiger partial charge in [0.1, 0.15) is 11.4 Å². The summed E-state index contributed by atoms with van der Waals surface area (Å²) >= 11 is 0. The lowest BCUT2D eigenvalue weighted by molar-refractivity contribution is -0.0654. The monoisotopic (exact) mass is 340 g/mol. The molecule has 0 spiro atoms. The Morgan fingerprint density at radius 3 is 2.48 bits per heavy atom. The molecular formula is C21H24O4. The van der Waals surface area contributed by atoms with E-state index in [1.54, 1.807) is 0 Å². The SMILES string of the molecule is Cc1ccc2c(c1C)OC(C)(C)C2(O)c1cccc(C2OCCO2)c1. The first-order chi connectivity index (χ1) is 11.8. The van der Waals surface area contributed by atoms with E-state index in [0.29, 0.717) is 13.2 Å². The average Bonchev–Trinajstić information content (AvgIpc) is 3.19. The van der Waals surface area contributed by atoms with Crippen LogP contribution in [0.25, 0.3) is 0 Å². The lowest BCUT2D eigenvalue weighted by atomic mass is 9.75. The summed E-state index contributed by atoms with van der Waals surface area (Å²) in [5, 5.41) is 11.8. The van der Waals surface area contributed by atoms with Crippen molar-refractivity contribution in [2.24, 2.45) is 0 Å². The van der Waals surface area contributed by atoms with E-state index in [-0.39, 0.29) is 6.29 Å². The molecule has 0 aliphatic carbocycles. The smallest absolute Gasteiger partial charge is 0.184 e. The second kappa shape index (κ2) is 5.56. The quantitative estimate of drug-likeness (QED) is 0.904. The molecule has 2 aliphatic heterocycles. The van der Waals surface area contributed by atoms with Gasteiger partial charge in [0, 0.05) is 11.1 Å². The molecule has 1 saturated heterocycles. The first kappa shape index (κ1) is 16.6. The number of aryl methyl sites for hydroxylation is 1. The van der Waals surface area contributed by atoms with E-state index in [4.69, 9.17) is 14.2 Å². The van der Waals surface area contributed by atoms with Crippen LogP contribution in [-0.2, 0) is 15.1 Å². The van der Waals surface area contributed by atoms with Gasteiger partial charge in [0.05, 0.1) is 13.2 Å². The van der Waals surface area contributed by atoms with Crippen LogP contribution in [0.2, 0.25) is 0 Å². The first-order valence-electron chi connectivity index (χ1n) is 8.70. The Hall–Kier alpha value is -1.88. The summed E-state index contributed by atoms with van der Waals surface area (Å²) in [6, 6.07) is 11.8. The lowest BCUT2D eigenvalue weighted by Gasteiger charge is -2.36. The van der Waals surface area contributed by atoms with Gasteiger partial charge in [-0.15, -0.1) is 0 Å². The maximum absolute atomic E-state index is 11.8. The van der Waals surface area contributed by atoms with E-state index >= 15 is 0 Å². The second-order valence-electron chi connectivity index (χ2n) is 7.41. The predicted molar refractivity (Wildman–Crippen MR) is 94.7 cm³/mol. The van der Waals surface area contributed by atoms with Crippen molar-refractivity contribution in [1.82, 2.24) is 0 Å². The maximum atomic E-state index is 11.8. The molecule has 132 valence electrons. The molecule has 0 bridgehead atoms. The molecular weight excluding hydrogens is 316 g/mol. The van der Waals surface area contributed by atoms with E-state index in [1.807, 2.05) is 57.2 Å². The number of benzene rings is 2. The normalized spacial score (nSPS) is 25.0. The van der Waals surface area contributed by atoms with Crippen LogP contribution in [0.4, 0.5) is 0 Å². The van der Waals surface area contributed by atoms with Gasteiger partial charge in [0.15, 0.2) is 11.9 Å². The van der Waals surface area contributed by atoms with Gasteiger partial charge in [0.2, 0.25) is 0 Å². The topological polar surface area (TPSA) is 47.9 Å². The van der Waals surface area contributed by atoms with Crippen LogP contribution >= 0.6 is 0 Å². The summed E-state index contributed by atoms with van der Waals surface area (Å²) in [6.45, 7) is 9.13. The van der Waals surface area contributed by atoms with Gasteiger partial charge in [-0.05, 0) is 50.5 Å². The van der Waals surface area contributed by atoms with Gasteiger partial charge in [-0.25, -0.2) is 0 Å². The fourth-order valence-corrected chi connectivity index (χ4v) is 3.82. The molecule has 1 unspecified atom stereocenters. The van der Waals surface area contributed by atoms with Gasteiger partial charge < -0.3 is 19.3 Å². The van der Waals surface area contributed by atoms with Crippen LogP contribution < -0.4 is 4.74 Å². The molecule has 1 N–H and O–H groups in total. The summed E-state index contributed by atoms with van der Waals surface area (Å²) in [5.74, 6) is 0.784. The lowest BCUT2D eigenvalue weighted by Crippen LogP contribution is -2.47. The van der Waals surface area contributed by atoms with Gasteiger partial charge in [-0.3, -0.25) is 0 Å². The van der Waals surface area contributed by atoms with Crippen LogP contribution in [0, 0.1) is 13.8 Å². The number of fused-ring (bicyclic) bond motifs is 1. The van der Waals surface area contributed by atoms with Crippen molar-refractivity contribution in [2.45, 2.75) is 45.2 Å². The van der Waals surface area contributed by atoms with Crippen molar-refractivity contribution < 1.29 is 19.3 Å². The van der Waals surface area contributed by atoms with Crippen molar-refractivity contribution in [3.8, 4) is 5.75 Å². The molecule has 25 heavy (non-hydrogen) atoms. The molecule has 1 atom stereocenters. The predicted octanol–water partition coefficient (Wildman–Crippen LogP) is 3.76. The Morgan fingerprint density at radius 1 is 1.04 bits per heavy atom. The van der Waals surface area contributed by atoms with Gasteiger partial charge in [0.25, 0.3) is 0 Å². The van der Waals surface area contributed by atoms with Crippen LogP contribution in [-0.4, -0.2) is 23.9 Å². The third-order valence-electron chi connectivity index (χ3n) is 5.49. The van der Waals surface area contributed by atoms with Gasteiger partial charge >= 0.3 is 0 Å². The minimum absolute atomic E-state index is 0.367. The molecule has 4 nitrogen and oxygen atoms in total. The van der Waals surface area contributed by atoms with Crippen molar-refractivity contribution in [2.75, 3.05) is 13.2 Å². The summed E-state index contributed by atoms with van der Waals surface area (Å²) in [4.78, 5) is 0. The maximum Gasteiger partial charge on any atom is 0.184 e. The van der Waals surface area contributed by atoms with Crippen LogP contribution in [0.3, 0.4) is 0 Å². The van der Waals surface area contributed by atoms with Crippen molar-refractivity contribution in [3.63, 3.8) is 0 Å². The molecule has 4 rings (SSSR count). The molecule has 0 saturated carbocycles. The Bertz CT molecular complexity index is 821. The zero-order chi connectivity index (χ0) is 17.8. The highest BCUT2D eigenvalue weighted by molar-refractivity contribution is 5.57. The molecule has 2 aliphatic rings. The molecule has 0 aromatic heterocycles. The highest BCUT2D eigenvalue weighted by Gasteiger charge is 2.55. The van der Waals surface area contributed by atoms with Crippen molar-refractivity contribution in [1.29, 1.82) is 0 Å². The third-order valence-corrected chi connectivity index (χ3v) is 5.49. The number of hydrogen-bond donors (Lipinski definition) is 1. The molecule has 4 heteroatoms. The Balaban J connectivity index is 1.87. The average molecular weight is 340 g/mol. The number of aliphatic hydroxyl groups is 1. The number of ether oxygens (including phenoxy) is 3. The largest absolute Gasteiger partial charge is 0.483 e. The molecule has 1 fully saturated rings. The minimum atomic E-state index is -1.24. The standard InChI is InChI=1S/C21H24O4/c1-13-8-9-17-18(14(13)2)25-20(3,4)21(17,22)16-7-5-6-15(12-16)19-23-10-11-24-19/h5-9,12,19,22H,10-11H2,1-4H3. The number of rotatable bonds is 2. The van der Waals surface area contributed by atoms with E-state index < -0.39 is 11.2 Å². The molecule has 2 aromatic rings. The highest BCUT2D eigenvalue weighted by Crippen LogP contribution is 2.53. The van der Waals surface area contributed by atoms with Gasteiger partial charge in [-0.2, -0.15) is 0 Å². The van der Waals surface area contributed by atoms with Crippen LogP contribution in [0.5, 0.6) is 5.75 Å². The van der Waals surface area contributed by atoms with Crippen LogP contribution in [0.15, 0.2) is 36.4 Å². The summed E-state index contributed by atoms with van der Waals surface area (Å²) in [7, 11) is 0. The Morgan fingerprint density at radius 2 is 1.76 bits per heavy atom. The first-order valence-corrected chi connectivity index (χ1v) is 8.70. The summed E-state index contributed by atoms with van der Waals surface area (Å²) in [6.07, 6.45) is -0.367. The van der Waals surface area contributed by atoms with E-state index in [2.05, 4.69) is 6.92 Å². The molecule has 0 amide bonds. The van der Waals surface area contributed by atoms with Crippen molar-refractivity contribution >= 4 is 0 Å². The second-order valence-corrected chi connectivity index (χ2v) is 7.41. The zero-order valence-corrected chi connectivity index (χ0v) is 15.1. The Kier molecular flexibility index (Phi) is 3.69. The Labute approximate surface area is 148 Å².